The lowest BCUT2D eigenvalue weighted by Crippen LogP contribution is -2.49. The monoisotopic (exact) mass is 573 g/mol. The Morgan fingerprint density at radius 1 is 0.976 bits per heavy atom. The van der Waals surface area contributed by atoms with Crippen LogP contribution in [0.3, 0.4) is 0 Å². The van der Waals surface area contributed by atoms with Crippen molar-refractivity contribution in [2.45, 2.75) is 49.5 Å². The number of hydrogen-bond acceptors (Lipinski definition) is 4. The smallest absolute Gasteiger partial charge is 0.429 e. The molecule has 11 heteroatoms. The number of nitrogens with one attached hydrogen (secondary N) is 1. The van der Waals surface area contributed by atoms with Crippen LogP contribution in [0.15, 0.2) is 66.7 Å². The van der Waals surface area contributed by atoms with Gasteiger partial charge in [-0.2, -0.15) is 13.2 Å². The summed E-state index contributed by atoms with van der Waals surface area (Å²) in [6.45, 7) is 0. The summed E-state index contributed by atoms with van der Waals surface area (Å²) in [7, 11) is 2.33. The molecule has 0 bridgehead atoms. The van der Waals surface area contributed by atoms with Crippen LogP contribution in [0.25, 0.3) is 11.0 Å². The third-order valence-corrected chi connectivity index (χ3v) is 7.57. The number of methoxy groups -OCH3 is 2. The van der Waals surface area contributed by atoms with Crippen molar-refractivity contribution in [3.63, 3.8) is 0 Å². The first-order chi connectivity index (χ1) is 19.6. The van der Waals surface area contributed by atoms with Gasteiger partial charge >= 0.3 is 6.18 Å². The molecule has 5 rings (SSSR count). The number of nitrogens with zero attached hydrogens (tertiary/aromatic N) is 2. The lowest BCUT2D eigenvalue weighted by molar-refractivity contribution is -0.262. The second kappa shape index (κ2) is 11.1. The minimum atomic E-state index is -5.11. The number of imidazole rings is 1. The number of carbonyl (C=O) groups excluding carboxylic acids is 1. The zero-order chi connectivity index (χ0) is 29.4. The number of aromatic nitrogens is 2. The Hall–Kier alpha value is -3.99. The van der Waals surface area contributed by atoms with Crippen molar-refractivity contribution < 1.29 is 36.2 Å². The fourth-order valence-electron chi connectivity index (χ4n) is 5.57. The van der Waals surface area contributed by atoms with Crippen LogP contribution < -0.4 is 10.1 Å². The normalized spacial score (nSPS) is 16.5. The minimum absolute atomic E-state index is 0.181. The summed E-state index contributed by atoms with van der Waals surface area (Å²) in [6, 6.07) is 12.9. The molecule has 216 valence electrons. The lowest BCUT2D eigenvalue weighted by atomic mass is 9.90. The molecule has 1 N–H and O–H groups in total. The van der Waals surface area contributed by atoms with Crippen LogP contribution >= 0.6 is 0 Å². The van der Waals surface area contributed by atoms with Crippen molar-refractivity contribution in [1.29, 1.82) is 0 Å². The summed E-state index contributed by atoms with van der Waals surface area (Å²) in [5, 5.41) is 2.95. The number of hydrogen-bond donors (Lipinski definition) is 1. The zero-order valence-electron chi connectivity index (χ0n) is 22.3. The largest absolute Gasteiger partial charge is 0.497 e. The fraction of sp³-hybridized carbons (Fsp3) is 0.333. The van der Waals surface area contributed by atoms with Gasteiger partial charge in [0.25, 0.3) is 0 Å². The molecule has 1 aromatic heterocycles. The van der Waals surface area contributed by atoms with E-state index in [1.807, 2.05) is 0 Å². The molecule has 1 fully saturated rings. The van der Waals surface area contributed by atoms with E-state index in [0.717, 1.165) is 30.6 Å². The summed E-state index contributed by atoms with van der Waals surface area (Å²) in [4.78, 5) is 18.2. The maximum Gasteiger partial charge on any atom is 0.429 e. The van der Waals surface area contributed by atoms with Crippen molar-refractivity contribution in [3.8, 4) is 5.75 Å². The summed E-state index contributed by atoms with van der Waals surface area (Å²) in [5.41, 5.74) is -3.71. The molecule has 6 nitrogen and oxygen atoms in total. The molecular formula is C30H28F5N3O3. The molecule has 1 aliphatic carbocycles. The highest BCUT2D eigenvalue weighted by atomic mass is 19.4. The summed E-state index contributed by atoms with van der Waals surface area (Å²) < 4.78 is 86.4. The Labute approximate surface area is 233 Å². The van der Waals surface area contributed by atoms with Crippen molar-refractivity contribution in [1.82, 2.24) is 14.9 Å². The fourth-order valence-corrected chi connectivity index (χ4v) is 5.57. The first-order valence-electron chi connectivity index (χ1n) is 13.1. The van der Waals surface area contributed by atoms with Crippen LogP contribution in [-0.2, 0) is 15.1 Å². The van der Waals surface area contributed by atoms with Gasteiger partial charge in [-0.25, -0.2) is 13.8 Å². The molecule has 0 aliphatic heterocycles. The van der Waals surface area contributed by atoms with Crippen LogP contribution in [0.4, 0.5) is 22.0 Å². The molecule has 41 heavy (non-hydrogen) atoms. The number of benzene rings is 3. The molecule has 2 atom stereocenters. The maximum absolute atomic E-state index is 15.3. The molecule has 0 spiro atoms. The number of carbonyl (C=O) groups is 1. The van der Waals surface area contributed by atoms with Crippen molar-refractivity contribution in [2.24, 2.45) is 0 Å². The summed E-state index contributed by atoms with van der Waals surface area (Å²) in [6.07, 6.45) is -1.88. The molecule has 0 saturated heterocycles. The van der Waals surface area contributed by atoms with Crippen LogP contribution in [0.2, 0.25) is 0 Å². The third kappa shape index (κ3) is 5.03. The average molecular weight is 574 g/mol. The van der Waals surface area contributed by atoms with Crippen molar-refractivity contribution >= 4 is 16.9 Å². The van der Waals surface area contributed by atoms with E-state index in [1.165, 1.54) is 43.5 Å². The van der Waals surface area contributed by atoms with E-state index in [4.69, 9.17) is 9.47 Å². The Morgan fingerprint density at radius 2 is 1.61 bits per heavy atom. The Kier molecular flexibility index (Phi) is 7.74. The van der Waals surface area contributed by atoms with E-state index < -0.39 is 41.2 Å². The first kappa shape index (κ1) is 28.5. The van der Waals surface area contributed by atoms with Crippen LogP contribution in [0.1, 0.15) is 48.7 Å². The number of alkyl halides is 3. The molecule has 2 unspecified atom stereocenters. The van der Waals surface area contributed by atoms with Crippen LogP contribution in [0, 0.1) is 11.6 Å². The van der Waals surface area contributed by atoms with Gasteiger partial charge in [0.1, 0.15) is 11.8 Å². The molecular weight excluding hydrogens is 545 g/mol. The molecule has 1 aliphatic rings. The van der Waals surface area contributed by atoms with Gasteiger partial charge in [-0.05, 0) is 30.5 Å². The van der Waals surface area contributed by atoms with Gasteiger partial charge < -0.3 is 19.4 Å². The quantitative estimate of drug-likeness (QED) is 0.247. The number of halogens is 5. The van der Waals surface area contributed by atoms with Crippen LogP contribution in [0.5, 0.6) is 5.75 Å². The number of fused-ring (bicyclic) bond motifs is 1. The molecule has 0 radical (unpaired) electrons. The van der Waals surface area contributed by atoms with Crippen molar-refractivity contribution in [3.05, 3.63) is 95.3 Å². The molecule has 1 saturated carbocycles. The van der Waals surface area contributed by atoms with Gasteiger partial charge in [-0.15, -0.1) is 0 Å². The summed E-state index contributed by atoms with van der Waals surface area (Å²) in [5.74, 6) is -3.50. The number of amides is 1. The van der Waals surface area contributed by atoms with Gasteiger partial charge in [0, 0.05) is 30.8 Å². The highest BCUT2D eigenvalue weighted by Gasteiger charge is 2.61. The van der Waals surface area contributed by atoms with Crippen molar-refractivity contribution in [2.75, 3.05) is 14.2 Å². The third-order valence-electron chi connectivity index (χ3n) is 7.57. The SMILES string of the molecule is COc1ccc(C(C(=O)NC2CCCC2)n2c(C(OC)(c3ccccc3)C(F)(F)F)nc3cc(F)c(F)cc32)cc1. The second-order valence-corrected chi connectivity index (χ2v) is 9.98. The molecule has 1 heterocycles. The van der Waals surface area contributed by atoms with Gasteiger partial charge in [0.15, 0.2) is 17.5 Å². The van der Waals surface area contributed by atoms with Gasteiger partial charge in [-0.3, -0.25) is 4.79 Å². The standard InChI is InChI=1S/C30H28F5N3O3/c1-40-21-14-12-18(13-15-21)26(27(39)36-20-10-6-7-11-20)38-25-17-23(32)22(31)16-24(25)37-28(38)29(41-2,30(33,34)35)19-8-4-3-5-9-19/h3-5,8-9,12-17,20,26H,6-7,10-11H2,1-2H3,(H,36,39). The maximum atomic E-state index is 15.3. The van der Waals surface area contributed by atoms with E-state index in [-0.39, 0.29) is 28.2 Å². The van der Waals surface area contributed by atoms with E-state index in [2.05, 4.69) is 10.3 Å². The van der Waals surface area contributed by atoms with Crippen LogP contribution in [-0.4, -0.2) is 41.9 Å². The predicted molar refractivity (Wildman–Crippen MR) is 141 cm³/mol. The average Bonchev–Trinajstić information content (AvgIpc) is 3.59. The second-order valence-electron chi connectivity index (χ2n) is 9.98. The van der Waals surface area contributed by atoms with Gasteiger partial charge in [0.2, 0.25) is 11.5 Å². The topological polar surface area (TPSA) is 65.4 Å². The van der Waals surface area contributed by atoms with Gasteiger partial charge in [0.05, 0.1) is 18.1 Å². The van der Waals surface area contributed by atoms with E-state index in [9.17, 15) is 13.6 Å². The highest BCUT2D eigenvalue weighted by Crippen LogP contribution is 2.48. The van der Waals surface area contributed by atoms with E-state index in [1.54, 1.807) is 18.2 Å². The molecule has 4 aromatic rings. The molecule has 1 amide bonds. The Balaban J connectivity index is 1.86. The number of ether oxygens (including phenoxy) is 2. The minimum Gasteiger partial charge on any atom is -0.497 e. The van der Waals surface area contributed by atoms with E-state index in [0.29, 0.717) is 24.7 Å². The highest BCUT2D eigenvalue weighted by molar-refractivity contribution is 5.87. The Morgan fingerprint density at radius 3 is 2.20 bits per heavy atom. The number of rotatable bonds is 8. The summed E-state index contributed by atoms with van der Waals surface area (Å²) >= 11 is 0. The first-order valence-corrected chi connectivity index (χ1v) is 13.1. The van der Waals surface area contributed by atoms with Gasteiger partial charge in [-0.1, -0.05) is 55.3 Å². The zero-order valence-corrected chi connectivity index (χ0v) is 22.3. The lowest BCUT2D eigenvalue weighted by Gasteiger charge is -2.36. The Bertz CT molecular complexity index is 1530. The van der Waals surface area contributed by atoms with E-state index >= 15 is 13.2 Å². The predicted octanol–water partition coefficient (Wildman–Crippen LogP) is 6.42. The molecule has 3 aromatic carbocycles.